The summed E-state index contributed by atoms with van der Waals surface area (Å²) in [4.78, 5) is 2.67. The maximum Gasteiger partial charge on any atom is 0.0589 e. The Bertz CT molecular complexity index is 216. The van der Waals surface area contributed by atoms with Gasteiger partial charge in [-0.25, -0.2) is 0 Å². The molecule has 0 aromatic rings. The van der Waals surface area contributed by atoms with Gasteiger partial charge in [0.05, 0.1) is 6.61 Å². The summed E-state index contributed by atoms with van der Waals surface area (Å²) >= 11 is 0. The van der Waals surface area contributed by atoms with E-state index in [0.717, 1.165) is 25.1 Å². The molecule has 1 aliphatic carbocycles. The molecule has 0 spiro atoms. The summed E-state index contributed by atoms with van der Waals surface area (Å²) in [6.07, 6.45) is 7.20. The van der Waals surface area contributed by atoms with Gasteiger partial charge in [-0.05, 0) is 25.7 Å². The summed E-state index contributed by atoms with van der Waals surface area (Å²) in [6.45, 7) is 6.62. The number of methoxy groups -OCH3 is 1. The van der Waals surface area contributed by atoms with Gasteiger partial charge >= 0.3 is 0 Å². The third kappa shape index (κ3) is 3.67. The maximum atomic E-state index is 5.25. The topological polar surface area (TPSA) is 24.5 Å². The van der Waals surface area contributed by atoms with Crippen LogP contribution in [0.25, 0.3) is 0 Å². The molecule has 2 rings (SSSR count). The average Bonchev–Trinajstić information content (AvgIpc) is 2.37. The van der Waals surface area contributed by atoms with Crippen LogP contribution in [0.2, 0.25) is 0 Å². The van der Waals surface area contributed by atoms with Crippen LogP contribution < -0.4 is 5.32 Å². The van der Waals surface area contributed by atoms with Crippen molar-refractivity contribution in [3.63, 3.8) is 0 Å². The van der Waals surface area contributed by atoms with E-state index >= 15 is 0 Å². The van der Waals surface area contributed by atoms with E-state index in [1.165, 1.54) is 45.2 Å². The van der Waals surface area contributed by atoms with Gasteiger partial charge in [-0.3, -0.25) is 4.90 Å². The van der Waals surface area contributed by atoms with Crippen LogP contribution >= 0.6 is 0 Å². The standard InChI is InChI=1S/C14H28N2O/c1-12-11-16(8-9-17-2)14(10-15-12)13-6-4-3-5-7-13/h12-15H,3-11H2,1-2H3. The van der Waals surface area contributed by atoms with Crippen LogP contribution in [-0.4, -0.2) is 50.3 Å². The SMILES string of the molecule is COCCN1CC(C)NCC1C1CCCCC1. The van der Waals surface area contributed by atoms with Crippen LogP contribution in [0.1, 0.15) is 39.0 Å². The van der Waals surface area contributed by atoms with Crippen molar-refractivity contribution in [2.45, 2.75) is 51.1 Å². The van der Waals surface area contributed by atoms with Crippen LogP contribution in [0.5, 0.6) is 0 Å². The lowest BCUT2D eigenvalue weighted by atomic mass is 9.82. The third-order valence-electron chi connectivity index (χ3n) is 4.43. The molecule has 1 N–H and O–H groups in total. The minimum atomic E-state index is 0.631. The summed E-state index contributed by atoms with van der Waals surface area (Å²) in [6, 6.07) is 1.38. The first-order chi connectivity index (χ1) is 8.31. The minimum absolute atomic E-state index is 0.631. The predicted octanol–water partition coefficient (Wildman–Crippen LogP) is 1.88. The predicted molar refractivity (Wildman–Crippen MR) is 71.3 cm³/mol. The number of nitrogens with zero attached hydrogens (tertiary/aromatic N) is 1. The quantitative estimate of drug-likeness (QED) is 0.812. The Morgan fingerprint density at radius 2 is 2.00 bits per heavy atom. The number of ether oxygens (including phenoxy) is 1. The van der Waals surface area contributed by atoms with Crippen molar-refractivity contribution in [2.24, 2.45) is 5.92 Å². The minimum Gasteiger partial charge on any atom is -0.383 e. The number of rotatable bonds is 4. The monoisotopic (exact) mass is 240 g/mol. The zero-order valence-corrected chi connectivity index (χ0v) is 11.5. The van der Waals surface area contributed by atoms with Crippen molar-refractivity contribution in [3.8, 4) is 0 Å². The molecular weight excluding hydrogens is 212 g/mol. The second-order valence-corrected chi connectivity index (χ2v) is 5.76. The van der Waals surface area contributed by atoms with E-state index in [4.69, 9.17) is 4.74 Å². The molecule has 0 radical (unpaired) electrons. The van der Waals surface area contributed by atoms with Gasteiger partial charge in [0.25, 0.3) is 0 Å². The van der Waals surface area contributed by atoms with Gasteiger partial charge in [-0.15, -0.1) is 0 Å². The van der Waals surface area contributed by atoms with Crippen LogP contribution in [-0.2, 0) is 4.74 Å². The second kappa shape index (κ2) is 6.72. The van der Waals surface area contributed by atoms with Crippen molar-refractivity contribution in [3.05, 3.63) is 0 Å². The summed E-state index contributed by atoms with van der Waals surface area (Å²) in [5.41, 5.74) is 0. The Hall–Kier alpha value is -0.120. The Kier molecular flexibility index (Phi) is 5.26. The van der Waals surface area contributed by atoms with Crippen molar-refractivity contribution in [1.29, 1.82) is 0 Å². The highest BCUT2D eigenvalue weighted by atomic mass is 16.5. The Labute approximate surface area is 106 Å². The number of hydrogen-bond acceptors (Lipinski definition) is 3. The molecule has 100 valence electrons. The lowest BCUT2D eigenvalue weighted by molar-refractivity contribution is 0.0505. The van der Waals surface area contributed by atoms with Crippen LogP contribution in [0, 0.1) is 5.92 Å². The Balaban J connectivity index is 1.91. The molecule has 3 nitrogen and oxygen atoms in total. The van der Waals surface area contributed by atoms with Gasteiger partial charge in [0.1, 0.15) is 0 Å². The molecule has 2 unspecified atom stereocenters. The molecule has 1 saturated carbocycles. The molecular formula is C14H28N2O. The van der Waals surface area contributed by atoms with E-state index in [9.17, 15) is 0 Å². The van der Waals surface area contributed by atoms with Crippen LogP contribution in [0.4, 0.5) is 0 Å². The van der Waals surface area contributed by atoms with Gasteiger partial charge in [0.15, 0.2) is 0 Å². The van der Waals surface area contributed by atoms with Crippen molar-refractivity contribution >= 4 is 0 Å². The second-order valence-electron chi connectivity index (χ2n) is 5.76. The van der Waals surface area contributed by atoms with E-state index < -0.39 is 0 Å². The normalized spacial score (nSPS) is 32.8. The van der Waals surface area contributed by atoms with Gasteiger partial charge < -0.3 is 10.1 Å². The first-order valence-electron chi connectivity index (χ1n) is 7.27. The van der Waals surface area contributed by atoms with Crippen LogP contribution in [0.15, 0.2) is 0 Å². The molecule has 2 fully saturated rings. The summed E-state index contributed by atoms with van der Waals surface area (Å²) in [5.74, 6) is 0.917. The highest BCUT2D eigenvalue weighted by Gasteiger charge is 2.32. The highest BCUT2D eigenvalue weighted by Crippen LogP contribution is 2.30. The van der Waals surface area contributed by atoms with E-state index in [-0.39, 0.29) is 0 Å². The van der Waals surface area contributed by atoms with E-state index in [0.29, 0.717) is 6.04 Å². The first-order valence-corrected chi connectivity index (χ1v) is 7.27. The van der Waals surface area contributed by atoms with Crippen molar-refractivity contribution in [2.75, 3.05) is 33.4 Å². The summed E-state index contributed by atoms with van der Waals surface area (Å²) in [7, 11) is 1.81. The molecule has 1 aliphatic heterocycles. The van der Waals surface area contributed by atoms with E-state index in [1.807, 2.05) is 0 Å². The lowest BCUT2D eigenvalue weighted by Gasteiger charge is -2.44. The van der Waals surface area contributed by atoms with Gasteiger partial charge in [0, 0.05) is 38.8 Å². The molecule has 17 heavy (non-hydrogen) atoms. The molecule has 0 amide bonds. The number of nitrogens with one attached hydrogen (secondary N) is 1. The molecule has 0 bridgehead atoms. The summed E-state index contributed by atoms with van der Waals surface area (Å²) < 4.78 is 5.25. The molecule has 0 aromatic heterocycles. The highest BCUT2D eigenvalue weighted by molar-refractivity contribution is 4.89. The van der Waals surface area contributed by atoms with Crippen molar-refractivity contribution < 1.29 is 4.74 Å². The fourth-order valence-electron chi connectivity index (χ4n) is 3.45. The largest absolute Gasteiger partial charge is 0.383 e. The van der Waals surface area contributed by atoms with E-state index in [1.54, 1.807) is 7.11 Å². The Morgan fingerprint density at radius 1 is 1.24 bits per heavy atom. The van der Waals surface area contributed by atoms with Crippen LogP contribution in [0.3, 0.4) is 0 Å². The number of hydrogen-bond donors (Lipinski definition) is 1. The molecule has 0 aromatic carbocycles. The van der Waals surface area contributed by atoms with Gasteiger partial charge in [0.2, 0.25) is 0 Å². The third-order valence-corrected chi connectivity index (χ3v) is 4.43. The molecule has 2 aliphatic rings. The Morgan fingerprint density at radius 3 is 2.71 bits per heavy atom. The molecule has 2 atom stereocenters. The fraction of sp³-hybridized carbons (Fsp3) is 1.00. The first kappa shape index (κ1) is 13.3. The summed E-state index contributed by atoms with van der Waals surface area (Å²) in [5, 5.41) is 3.65. The average molecular weight is 240 g/mol. The van der Waals surface area contributed by atoms with E-state index in [2.05, 4.69) is 17.1 Å². The smallest absolute Gasteiger partial charge is 0.0589 e. The zero-order chi connectivity index (χ0) is 12.1. The fourth-order valence-corrected chi connectivity index (χ4v) is 3.45. The molecule has 3 heteroatoms. The number of piperazine rings is 1. The van der Waals surface area contributed by atoms with Crippen molar-refractivity contribution in [1.82, 2.24) is 10.2 Å². The molecule has 1 saturated heterocycles. The van der Waals surface area contributed by atoms with Gasteiger partial charge in [-0.2, -0.15) is 0 Å². The zero-order valence-electron chi connectivity index (χ0n) is 11.5. The molecule has 1 heterocycles. The lowest BCUT2D eigenvalue weighted by Crippen LogP contribution is -2.58. The van der Waals surface area contributed by atoms with Gasteiger partial charge in [-0.1, -0.05) is 19.3 Å². The maximum absolute atomic E-state index is 5.25.